The molecular formula is C15H24N2O3S. The highest BCUT2D eigenvalue weighted by Crippen LogP contribution is 2.14. The van der Waals surface area contributed by atoms with Gasteiger partial charge < -0.3 is 5.32 Å². The largest absolute Gasteiger partial charge is 0.356 e. The predicted molar refractivity (Wildman–Crippen MR) is 83.6 cm³/mol. The highest BCUT2D eigenvalue weighted by Gasteiger charge is 2.16. The molecule has 0 saturated carbocycles. The smallest absolute Gasteiger partial charge is 0.242 e. The second-order valence-electron chi connectivity index (χ2n) is 5.17. The van der Waals surface area contributed by atoms with Crippen LogP contribution in [0.3, 0.4) is 0 Å². The van der Waals surface area contributed by atoms with Crippen molar-refractivity contribution < 1.29 is 13.2 Å². The maximum absolute atomic E-state index is 11.9. The van der Waals surface area contributed by atoms with E-state index in [0.717, 1.165) is 24.8 Å². The van der Waals surface area contributed by atoms with Crippen molar-refractivity contribution in [1.29, 1.82) is 0 Å². The van der Waals surface area contributed by atoms with E-state index in [4.69, 9.17) is 0 Å². The molecule has 118 valence electrons. The first kappa shape index (κ1) is 17.7. The molecule has 0 aliphatic carbocycles. The normalized spacial score (nSPS) is 11.6. The minimum absolute atomic E-state index is 0.0330. The average Bonchev–Trinajstić information content (AvgIpc) is 2.44. The van der Waals surface area contributed by atoms with Crippen LogP contribution in [-0.2, 0) is 21.2 Å². The number of sulfonamides is 1. The van der Waals surface area contributed by atoms with Crippen LogP contribution in [0.4, 0.5) is 0 Å². The lowest BCUT2D eigenvalue weighted by molar-refractivity contribution is -0.120. The zero-order valence-corrected chi connectivity index (χ0v) is 13.7. The number of carbonyl (C=O) groups is 1. The van der Waals surface area contributed by atoms with E-state index < -0.39 is 10.0 Å². The van der Waals surface area contributed by atoms with Crippen LogP contribution in [0.2, 0.25) is 0 Å². The zero-order valence-electron chi connectivity index (χ0n) is 12.9. The van der Waals surface area contributed by atoms with Crippen LogP contribution in [-0.4, -0.2) is 39.3 Å². The third-order valence-corrected chi connectivity index (χ3v) is 5.00. The van der Waals surface area contributed by atoms with E-state index in [0.29, 0.717) is 6.54 Å². The van der Waals surface area contributed by atoms with Crippen LogP contribution in [0.5, 0.6) is 0 Å². The Bertz CT molecular complexity index is 551. The van der Waals surface area contributed by atoms with Crippen molar-refractivity contribution in [2.24, 2.45) is 0 Å². The second kappa shape index (κ2) is 8.14. The standard InChI is InChI=1S/C15H24N2O3S/c1-4-5-6-11-16-15(18)12-13-7-9-14(10-8-13)21(19,20)17(2)3/h7-10H,4-6,11-12H2,1-3H3,(H,16,18). The Morgan fingerprint density at radius 2 is 1.76 bits per heavy atom. The number of nitrogens with one attached hydrogen (secondary N) is 1. The van der Waals surface area contributed by atoms with Crippen LogP contribution in [0.25, 0.3) is 0 Å². The molecule has 1 aromatic carbocycles. The molecule has 6 heteroatoms. The summed E-state index contributed by atoms with van der Waals surface area (Å²) in [7, 11) is -0.424. The van der Waals surface area contributed by atoms with E-state index in [2.05, 4.69) is 12.2 Å². The molecule has 0 bridgehead atoms. The van der Waals surface area contributed by atoms with Crippen LogP contribution >= 0.6 is 0 Å². The van der Waals surface area contributed by atoms with Crippen molar-refractivity contribution in [3.8, 4) is 0 Å². The van der Waals surface area contributed by atoms with E-state index in [1.807, 2.05) is 0 Å². The molecule has 0 spiro atoms. The summed E-state index contributed by atoms with van der Waals surface area (Å²) in [5.74, 6) is -0.0330. The maximum Gasteiger partial charge on any atom is 0.242 e. The van der Waals surface area contributed by atoms with Crippen LogP contribution in [0.15, 0.2) is 29.2 Å². The molecule has 1 N–H and O–H groups in total. The van der Waals surface area contributed by atoms with Crippen molar-refractivity contribution in [2.45, 2.75) is 37.5 Å². The fourth-order valence-electron chi connectivity index (χ4n) is 1.84. The Labute approximate surface area is 127 Å². The predicted octanol–water partition coefficient (Wildman–Crippen LogP) is 1.79. The summed E-state index contributed by atoms with van der Waals surface area (Å²) in [5.41, 5.74) is 0.806. The molecule has 0 aromatic heterocycles. The van der Waals surface area contributed by atoms with E-state index in [1.165, 1.54) is 30.5 Å². The van der Waals surface area contributed by atoms with Gasteiger partial charge in [-0.25, -0.2) is 12.7 Å². The molecular weight excluding hydrogens is 288 g/mol. The molecule has 0 saturated heterocycles. The molecule has 5 nitrogen and oxygen atoms in total. The molecule has 1 aromatic rings. The lowest BCUT2D eigenvalue weighted by Crippen LogP contribution is -2.26. The van der Waals surface area contributed by atoms with Gasteiger partial charge in [0.2, 0.25) is 15.9 Å². The number of hydrogen-bond acceptors (Lipinski definition) is 3. The van der Waals surface area contributed by atoms with Gasteiger partial charge in [-0.05, 0) is 24.1 Å². The van der Waals surface area contributed by atoms with Gasteiger partial charge in [0.05, 0.1) is 11.3 Å². The van der Waals surface area contributed by atoms with Gasteiger partial charge in [-0.1, -0.05) is 31.9 Å². The minimum atomic E-state index is -3.41. The Balaban J connectivity index is 2.57. The highest BCUT2D eigenvalue weighted by molar-refractivity contribution is 7.89. The van der Waals surface area contributed by atoms with Crippen LogP contribution in [0, 0.1) is 0 Å². The van der Waals surface area contributed by atoms with Gasteiger partial charge in [0, 0.05) is 20.6 Å². The monoisotopic (exact) mass is 312 g/mol. The van der Waals surface area contributed by atoms with E-state index in [1.54, 1.807) is 12.1 Å². The fourth-order valence-corrected chi connectivity index (χ4v) is 2.74. The van der Waals surface area contributed by atoms with Crippen molar-refractivity contribution in [1.82, 2.24) is 9.62 Å². The summed E-state index contributed by atoms with van der Waals surface area (Å²) in [6.45, 7) is 2.81. The first-order valence-electron chi connectivity index (χ1n) is 7.16. The van der Waals surface area contributed by atoms with Crippen molar-refractivity contribution in [2.75, 3.05) is 20.6 Å². The zero-order chi connectivity index (χ0) is 15.9. The number of hydrogen-bond donors (Lipinski definition) is 1. The topological polar surface area (TPSA) is 66.5 Å². The van der Waals surface area contributed by atoms with E-state index in [-0.39, 0.29) is 17.2 Å². The van der Waals surface area contributed by atoms with Crippen molar-refractivity contribution in [3.63, 3.8) is 0 Å². The number of unbranched alkanes of at least 4 members (excludes halogenated alkanes) is 2. The first-order valence-corrected chi connectivity index (χ1v) is 8.60. The third-order valence-electron chi connectivity index (χ3n) is 3.17. The van der Waals surface area contributed by atoms with Gasteiger partial charge in [0.15, 0.2) is 0 Å². The highest BCUT2D eigenvalue weighted by atomic mass is 32.2. The summed E-state index contributed by atoms with van der Waals surface area (Å²) in [6.07, 6.45) is 3.49. The van der Waals surface area contributed by atoms with Gasteiger partial charge in [0.1, 0.15) is 0 Å². The van der Waals surface area contributed by atoms with Gasteiger partial charge in [0.25, 0.3) is 0 Å². The molecule has 1 amide bonds. The van der Waals surface area contributed by atoms with Crippen molar-refractivity contribution in [3.05, 3.63) is 29.8 Å². The molecule has 0 fully saturated rings. The molecule has 0 heterocycles. The molecule has 0 unspecified atom stereocenters. The fraction of sp³-hybridized carbons (Fsp3) is 0.533. The Morgan fingerprint density at radius 3 is 2.29 bits per heavy atom. The second-order valence-corrected chi connectivity index (χ2v) is 7.32. The number of amides is 1. The summed E-state index contributed by atoms with van der Waals surface area (Å²) in [5, 5.41) is 2.86. The summed E-state index contributed by atoms with van der Waals surface area (Å²) < 4.78 is 25.0. The van der Waals surface area contributed by atoms with Crippen LogP contribution in [0.1, 0.15) is 31.7 Å². The minimum Gasteiger partial charge on any atom is -0.356 e. The number of carbonyl (C=O) groups excluding carboxylic acids is 1. The molecule has 0 atom stereocenters. The first-order chi connectivity index (χ1) is 9.87. The number of rotatable bonds is 8. The van der Waals surface area contributed by atoms with E-state index >= 15 is 0 Å². The number of nitrogens with zero attached hydrogens (tertiary/aromatic N) is 1. The maximum atomic E-state index is 11.9. The molecule has 1 rings (SSSR count). The van der Waals surface area contributed by atoms with Gasteiger partial charge in [-0.15, -0.1) is 0 Å². The molecule has 21 heavy (non-hydrogen) atoms. The summed E-state index contributed by atoms with van der Waals surface area (Å²) >= 11 is 0. The van der Waals surface area contributed by atoms with Gasteiger partial charge in [-0.3, -0.25) is 4.79 Å². The Kier molecular flexibility index (Phi) is 6.84. The van der Waals surface area contributed by atoms with E-state index in [9.17, 15) is 13.2 Å². The van der Waals surface area contributed by atoms with Gasteiger partial charge in [-0.2, -0.15) is 0 Å². The molecule has 0 aliphatic rings. The quantitative estimate of drug-likeness (QED) is 0.744. The summed E-state index contributed by atoms with van der Waals surface area (Å²) in [4.78, 5) is 12.0. The molecule has 0 radical (unpaired) electrons. The van der Waals surface area contributed by atoms with Crippen molar-refractivity contribution >= 4 is 15.9 Å². The lowest BCUT2D eigenvalue weighted by Gasteiger charge is -2.11. The summed E-state index contributed by atoms with van der Waals surface area (Å²) in [6, 6.07) is 6.44. The Morgan fingerprint density at radius 1 is 1.14 bits per heavy atom. The van der Waals surface area contributed by atoms with Crippen LogP contribution < -0.4 is 5.32 Å². The third kappa shape index (κ3) is 5.47. The Hall–Kier alpha value is -1.40. The molecule has 0 aliphatic heterocycles. The average molecular weight is 312 g/mol. The lowest BCUT2D eigenvalue weighted by atomic mass is 10.1. The van der Waals surface area contributed by atoms with Gasteiger partial charge >= 0.3 is 0 Å². The SMILES string of the molecule is CCCCCNC(=O)Cc1ccc(S(=O)(=O)N(C)C)cc1. The number of benzene rings is 1.